The maximum atomic E-state index is 12.0. The van der Waals surface area contributed by atoms with Gasteiger partial charge in [0.2, 0.25) is 0 Å². The summed E-state index contributed by atoms with van der Waals surface area (Å²) in [5.41, 5.74) is 0. The van der Waals surface area contributed by atoms with Gasteiger partial charge in [0, 0.05) is 13.6 Å². The van der Waals surface area contributed by atoms with Gasteiger partial charge in [-0.2, -0.15) is 12.7 Å². The summed E-state index contributed by atoms with van der Waals surface area (Å²) in [4.78, 5) is 18.8. The summed E-state index contributed by atoms with van der Waals surface area (Å²) < 4.78 is 32.4. The van der Waals surface area contributed by atoms with Crippen LogP contribution >= 0.6 is 31.9 Å². The van der Waals surface area contributed by atoms with E-state index in [2.05, 4.69) is 51.3 Å². The predicted molar refractivity (Wildman–Crippen MR) is 79.2 cm³/mol. The Morgan fingerprint density at radius 2 is 2.15 bits per heavy atom. The van der Waals surface area contributed by atoms with Crippen LogP contribution in [0.2, 0.25) is 0 Å². The first-order chi connectivity index (χ1) is 9.26. The molecule has 1 aromatic heterocycles. The van der Waals surface area contributed by atoms with Crippen molar-refractivity contribution >= 4 is 53.9 Å². The molecule has 0 amide bonds. The first kappa shape index (κ1) is 17.3. The van der Waals surface area contributed by atoms with Gasteiger partial charge in [0.15, 0.2) is 10.4 Å². The largest absolute Gasteiger partial charge is 0.469 e. The lowest BCUT2D eigenvalue weighted by Crippen LogP contribution is -2.34. The van der Waals surface area contributed by atoms with E-state index in [1.54, 1.807) is 0 Å². The van der Waals surface area contributed by atoms with Gasteiger partial charge < -0.3 is 4.74 Å². The number of halogens is 2. The molecule has 0 aromatic carbocycles. The van der Waals surface area contributed by atoms with Crippen molar-refractivity contribution in [2.45, 2.75) is 6.42 Å². The number of hydrogen-bond acceptors (Lipinski definition) is 6. The van der Waals surface area contributed by atoms with Crippen LogP contribution in [0, 0.1) is 0 Å². The zero-order chi connectivity index (χ0) is 15.3. The molecule has 112 valence electrons. The Morgan fingerprint density at radius 1 is 1.50 bits per heavy atom. The summed E-state index contributed by atoms with van der Waals surface area (Å²) in [7, 11) is -1.25. The molecule has 1 heterocycles. The molecule has 20 heavy (non-hydrogen) atoms. The topological polar surface area (TPSA) is 101 Å². The molecular weight excluding hydrogens is 420 g/mol. The molecule has 0 bridgehead atoms. The van der Waals surface area contributed by atoms with Gasteiger partial charge in [0.05, 0.1) is 19.7 Å². The fraction of sp³-hybridized carbons (Fsp3) is 0.444. The normalized spacial score (nSPS) is 11.4. The summed E-state index contributed by atoms with van der Waals surface area (Å²) in [5, 5.41) is 0. The average Bonchev–Trinajstić information content (AvgIpc) is 2.38. The van der Waals surface area contributed by atoms with Gasteiger partial charge in [0.1, 0.15) is 4.60 Å². The molecular formula is C9H12Br2N4O4S. The van der Waals surface area contributed by atoms with Gasteiger partial charge in [-0.05, 0) is 31.9 Å². The van der Waals surface area contributed by atoms with Crippen molar-refractivity contribution in [3.05, 3.63) is 15.4 Å². The van der Waals surface area contributed by atoms with Crippen molar-refractivity contribution in [3.8, 4) is 0 Å². The summed E-state index contributed by atoms with van der Waals surface area (Å²) in [6.45, 7) is -0.0103. The number of ether oxygens (including phenoxy) is 1. The number of hydrogen-bond donors (Lipinski definition) is 1. The fourth-order valence-electron chi connectivity index (χ4n) is 1.09. The van der Waals surface area contributed by atoms with Gasteiger partial charge in [0.25, 0.3) is 0 Å². The van der Waals surface area contributed by atoms with Crippen molar-refractivity contribution in [2.24, 2.45) is 0 Å². The molecule has 0 atom stereocenters. The minimum Gasteiger partial charge on any atom is -0.469 e. The van der Waals surface area contributed by atoms with Crippen molar-refractivity contribution in [2.75, 3.05) is 25.4 Å². The zero-order valence-electron chi connectivity index (χ0n) is 10.6. The number of rotatable bonds is 6. The van der Waals surface area contributed by atoms with E-state index in [1.165, 1.54) is 20.4 Å². The van der Waals surface area contributed by atoms with Crippen LogP contribution in [0.4, 0.5) is 5.82 Å². The molecule has 0 radical (unpaired) electrons. The Morgan fingerprint density at radius 3 is 2.70 bits per heavy atom. The smallest absolute Gasteiger partial charge is 0.306 e. The molecule has 0 unspecified atom stereocenters. The van der Waals surface area contributed by atoms with E-state index < -0.39 is 16.2 Å². The third-order valence-electron chi connectivity index (χ3n) is 2.20. The Labute approximate surface area is 133 Å². The average molecular weight is 432 g/mol. The highest BCUT2D eigenvalue weighted by molar-refractivity contribution is 9.11. The lowest BCUT2D eigenvalue weighted by molar-refractivity contribution is -0.140. The second-order valence-corrected chi connectivity index (χ2v) is 6.93. The molecule has 0 aliphatic rings. The maximum absolute atomic E-state index is 12.0. The van der Waals surface area contributed by atoms with Crippen LogP contribution in [0.5, 0.6) is 0 Å². The summed E-state index contributed by atoms with van der Waals surface area (Å²) in [5.74, 6) is -0.435. The molecule has 8 nitrogen and oxygen atoms in total. The van der Waals surface area contributed by atoms with Crippen molar-refractivity contribution in [1.29, 1.82) is 0 Å². The SMILES string of the molecule is COC(=O)CCN(C)S(=O)(=O)Nc1ncc(Br)nc1Br. The number of aromatic nitrogens is 2. The second-order valence-electron chi connectivity index (χ2n) is 3.59. The minimum absolute atomic E-state index is 0.0103. The molecule has 0 aliphatic heterocycles. The third kappa shape index (κ3) is 4.96. The van der Waals surface area contributed by atoms with Crippen LogP contribution in [0.15, 0.2) is 15.4 Å². The Kier molecular flexibility index (Phi) is 6.30. The maximum Gasteiger partial charge on any atom is 0.306 e. The van der Waals surface area contributed by atoms with Crippen LogP contribution in [-0.4, -0.2) is 49.4 Å². The number of carbonyl (C=O) groups excluding carboxylic acids is 1. The summed E-state index contributed by atoms with van der Waals surface area (Å²) in [6, 6.07) is 0. The van der Waals surface area contributed by atoms with Gasteiger partial charge in [-0.25, -0.2) is 9.97 Å². The van der Waals surface area contributed by atoms with Crippen molar-refractivity contribution < 1.29 is 17.9 Å². The lowest BCUT2D eigenvalue weighted by Gasteiger charge is -2.17. The van der Waals surface area contributed by atoms with E-state index in [4.69, 9.17) is 0 Å². The lowest BCUT2D eigenvalue weighted by atomic mass is 10.4. The van der Waals surface area contributed by atoms with Gasteiger partial charge in [-0.15, -0.1) is 0 Å². The zero-order valence-corrected chi connectivity index (χ0v) is 14.6. The van der Waals surface area contributed by atoms with E-state index in [-0.39, 0.29) is 23.4 Å². The Hall–Kier alpha value is -0.780. The monoisotopic (exact) mass is 430 g/mol. The predicted octanol–water partition coefficient (Wildman–Crippen LogP) is 1.15. The molecule has 1 N–H and O–H groups in total. The van der Waals surface area contributed by atoms with Gasteiger partial charge in [-0.1, -0.05) is 0 Å². The summed E-state index contributed by atoms with van der Waals surface area (Å²) >= 11 is 6.21. The van der Waals surface area contributed by atoms with Crippen LogP contribution in [-0.2, 0) is 19.7 Å². The van der Waals surface area contributed by atoms with Crippen LogP contribution in [0.1, 0.15) is 6.42 Å². The van der Waals surface area contributed by atoms with Crippen molar-refractivity contribution in [3.63, 3.8) is 0 Å². The van der Waals surface area contributed by atoms with E-state index in [0.29, 0.717) is 4.60 Å². The highest BCUT2D eigenvalue weighted by Gasteiger charge is 2.20. The molecule has 0 saturated carbocycles. The van der Waals surface area contributed by atoms with E-state index >= 15 is 0 Å². The molecule has 0 fully saturated rings. The third-order valence-corrected chi connectivity index (χ3v) is 4.58. The van der Waals surface area contributed by atoms with Gasteiger partial charge >= 0.3 is 16.2 Å². The van der Waals surface area contributed by atoms with Crippen LogP contribution in [0.3, 0.4) is 0 Å². The number of methoxy groups -OCH3 is 1. The molecule has 1 aromatic rings. The van der Waals surface area contributed by atoms with E-state index in [1.807, 2.05) is 0 Å². The standard InChI is InChI=1S/C9H12Br2N4O4S/c1-15(4-3-7(16)19-2)20(17,18)14-9-8(11)13-6(10)5-12-9/h5H,3-4H2,1-2H3,(H,12,14). The first-order valence-corrected chi connectivity index (χ1v) is 8.28. The Balaban J connectivity index is 2.76. The van der Waals surface area contributed by atoms with E-state index in [0.717, 1.165) is 4.31 Å². The molecule has 11 heteroatoms. The number of nitrogens with one attached hydrogen (secondary N) is 1. The minimum atomic E-state index is -3.82. The number of esters is 1. The highest BCUT2D eigenvalue weighted by atomic mass is 79.9. The van der Waals surface area contributed by atoms with E-state index in [9.17, 15) is 13.2 Å². The quantitative estimate of drug-likeness (QED) is 0.678. The van der Waals surface area contributed by atoms with Crippen molar-refractivity contribution in [1.82, 2.24) is 14.3 Å². The van der Waals surface area contributed by atoms with Crippen LogP contribution in [0.25, 0.3) is 0 Å². The first-order valence-electron chi connectivity index (χ1n) is 5.25. The number of nitrogens with zero attached hydrogens (tertiary/aromatic N) is 3. The highest BCUT2D eigenvalue weighted by Crippen LogP contribution is 2.20. The molecule has 0 spiro atoms. The number of carbonyl (C=O) groups is 1. The Bertz CT molecular complexity index is 596. The molecule has 0 saturated heterocycles. The molecule has 0 aliphatic carbocycles. The summed E-state index contributed by atoms with van der Waals surface area (Å²) in [6.07, 6.45) is 1.32. The number of anilines is 1. The van der Waals surface area contributed by atoms with Gasteiger partial charge in [-0.3, -0.25) is 9.52 Å². The molecule has 1 rings (SSSR count). The fourth-order valence-corrected chi connectivity index (χ4v) is 3.01. The second kappa shape index (κ2) is 7.29. The van der Waals surface area contributed by atoms with Crippen LogP contribution < -0.4 is 4.72 Å².